The number of nitrogens with one attached hydrogen (secondary N) is 1. The third-order valence-corrected chi connectivity index (χ3v) is 3.89. The van der Waals surface area contributed by atoms with Gasteiger partial charge in [0.25, 0.3) is 0 Å². The number of aromatic nitrogens is 2. The fourth-order valence-corrected chi connectivity index (χ4v) is 2.83. The van der Waals surface area contributed by atoms with Gasteiger partial charge in [0.1, 0.15) is 5.82 Å². The molecule has 0 radical (unpaired) electrons. The zero-order valence-corrected chi connectivity index (χ0v) is 10.3. The van der Waals surface area contributed by atoms with Crippen LogP contribution in [-0.2, 0) is 19.3 Å². The highest BCUT2D eigenvalue weighted by molar-refractivity contribution is 5.29. The smallest absolute Gasteiger partial charge is 0.108 e. The van der Waals surface area contributed by atoms with E-state index in [4.69, 9.17) is 0 Å². The number of hydrogen-bond acceptors (Lipinski definition) is 2. The van der Waals surface area contributed by atoms with Crippen molar-refractivity contribution in [1.82, 2.24) is 9.97 Å². The van der Waals surface area contributed by atoms with Crippen LogP contribution in [0.1, 0.15) is 23.4 Å². The second-order valence-corrected chi connectivity index (χ2v) is 5.08. The van der Waals surface area contributed by atoms with Gasteiger partial charge in [-0.25, -0.2) is 4.98 Å². The van der Waals surface area contributed by atoms with Crippen LogP contribution in [0.5, 0.6) is 0 Å². The molecule has 3 rings (SSSR count). The maximum absolute atomic E-state index is 10.3. The van der Waals surface area contributed by atoms with Gasteiger partial charge in [0.2, 0.25) is 0 Å². The molecule has 18 heavy (non-hydrogen) atoms. The molecule has 2 aromatic rings. The number of H-pyrrole nitrogens is 1. The number of aliphatic hydroxyl groups excluding tert-OH is 1. The zero-order valence-electron chi connectivity index (χ0n) is 10.3. The molecule has 1 aromatic heterocycles. The fourth-order valence-electron chi connectivity index (χ4n) is 2.83. The van der Waals surface area contributed by atoms with Crippen LogP contribution in [-0.4, -0.2) is 21.2 Å². The number of imidazole rings is 1. The first-order valence-corrected chi connectivity index (χ1v) is 6.56. The van der Waals surface area contributed by atoms with Crippen molar-refractivity contribution in [2.45, 2.75) is 31.8 Å². The standard InChI is InChI=1S/C15H18N2O/c18-14(10-15-16-7-8-17-15)13-6-5-11-3-1-2-4-12(11)9-13/h1-4,7-8,13-14,18H,5-6,9-10H2,(H,16,17). The second kappa shape index (κ2) is 4.94. The summed E-state index contributed by atoms with van der Waals surface area (Å²) in [6, 6.07) is 8.56. The van der Waals surface area contributed by atoms with Gasteiger partial charge in [-0.1, -0.05) is 24.3 Å². The predicted octanol–water partition coefficient (Wildman–Crippen LogP) is 2.12. The van der Waals surface area contributed by atoms with E-state index >= 15 is 0 Å². The normalized spacial score (nSPS) is 20.4. The maximum atomic E-state index is 10.3. The van der Waals surface area contributed by atoms with Gasteiger partial charge in [-0.15, -0.1) is 0 Å². The average Bonchev–Trinajstić information content (AvgIpc) is 2.91. The van der Waals surface area contributed by atoms with E-state index in [0.717, 1.165) is 25.1 Å². The molecule has 0 saturated heterocycles. The molecule has 94 valence electrons. The van der Waals surface area contributed by atoms with Crippen molar-refractivity contribution >= 4 is 0 Å². The minimum atomic E-state index is -0.301. The van der Waals surface area contributed by atoms with E-state index < -0.39 is 0 Å². The summed E-state index contributed by atoms with van der Waals surface area (Å²) in [5, 5.41) is 10.3. The van der Waals surface area contributed by atoms with E-state index in [-0.39, 0.29) is 6.10 Å². The van der Waals surface area contributed by atoms with Gasteiger partial charge in [0.05, 0.1) is 6.10 Å². The van der Waals surface area contributed by atoms with Gasteiger partial charge < -0.3 is 10.1 Å². The lowest BCUT2D eigenvalue weighted by atomic mass is 9.80. The molecule has 2 N–H and O–H groups in total. The molecule has 1 aliphatic rings. The Bertz CT molecular complexity index is 507. The molecule has 2 unspecified atom stereocenters. The van der Waals surface area contributed by atoms with Crippen molar-refractivity contribution in [2.75, 3.05) is 0 Å². The summed E-state index contributed by atoms with van der Waals surface area (Å²) < 4.78 is 0. The highest BCUT2D eigenvalue weighted by Crippen LogP contribution is 2.28. The summed E-state index contributed by atoms with van der Waals surface area (Å²) in [5.74, 6) is 1.23. The van der Waals surface area contributed by atoms with Crippen LogP contribution in [0.15, 0.2) is 36.7 Å². The molecule has 3 nitrogen and oxygen atoms in total. The number of aryl methyl sites for hydroxylation is 1. The minimum absolute atomic E-state index is 0.301. The van der Waals surface area contributed by atoms with Crippen LogP contribution in [0.2, 0.25) is 0 Å². The Balaban J connectivity index is 1.68. The summed E-state index contributed by atoms with van der Waals surface area (Å²) in [4.78, 5) is 7.23. The lowest BCUT2D eigenvalue weighted by Crippen LogP contribution is -2.28. The molecule has 0 spiro atoms. The first-order valence-electron chi connectivity index (χ1n) is 6.56. The molecular weight excluding hydrogens is 224 g/mol. The van der Waals surface area contributed by atoms with Crippen LogP contribution in [0, 0.1) is 5.92 Å². The number of hydrogen-bond donors (Lipinski definition) is 2. The quantitative estimate of drug-likeness (QED) is 0.866. The molecule has 0 fully saturated rings. The van der Waals surface area contributed by atoms with E-state index in [2.05, 4.69) is 34.2 Å². The molecule has 1 aliphatic carbocycles. The first-order chi connectivity index (χ1) is 8.83. The van der Waals surface area contributed by atoms with Crippen molar-refractivity contribution in [2.24, 2.45) is 5.92 Å². The molecule has 1 heterocycles. The molecule has 1 aromatic carbocycles. The third kappa shape index (κ3) is 2.31. The van der Waals surface area contributed by atoms with Gasteiger partial charge >= 0.3 is 0 Å². The lowest BCUT2D eigenvalue weighted by molar-refractivity contribution is 0.0976. The summed E-state index contributed by atoms with van der Waals surface area (Å²) in [7, 11) is 0. The molecular formula is C15H18N2O. The second-order valence-electron chi connectivity index (χ2n) is 5.08. The predicted molar refractivity (Wildman–Crippen MR) is 70.3 cm³/mol. The summed E-state index contributed by atoms with van der Waals surface area (Å²) in [6.45, 7) is 0. The van der Waals surface area contributed by atoms with Crippen LogP contribution >= 0.6 is 0 Å². The fraction of sp³-hybridized carbons (Fsp3) is 0.400. The summed E-state index contributed by atoms with van der Waals surface area (Å²) in [6.07, 6.45) is 6.99. The number of nitrogens with zero attached hydrogens (tertiary/aromatic N) is 1. The number of aliphatic hydroxyl groups is 1. The van der Waals surface area contributed by atoms with E-state index in [0.29, 0.717) is 12.3 Å². The van der Waals surface area contributed by atoms with Gasteiger partial charge in [0.15, 0.2) is 0 Å². The van der Waals surface area contributed by atoms with Crippen LogP contribution in [0.4, 0.5) is 0 Å². The first kappa shape index (κ1) is 11.5. The number of benzene rings is 1. The van der Waals surface area contributed by atoms with Crippen LogP contribution in [0.25, 0.3) is 0 Å². The zero-order chi connectivity index (χ0) is 12.4. The van der Waals surface area contributed by atoms with Gasteiger partial charge in [-0.3, -0.25) is 0 Å². The lowest BCUT2D eigenvalue weighted by Gasteiger charge is -2.28. The summed E-state index contributed by atoms with van der Waals surface area (Å²) >= 11 is 0. The minimum Gasteiger partial charge on any atom is -0.392 e. The Morgan fingerprint density at radius 2 is 2.17 bits per heavy atom. The van der Waals surface area contributed by atoms with Crippen molar-refractivity contribution in [3.8, 4) is 0 Å². The largest absolute Gasteiger partial charge is 0.392 e. The Morgan fingerprint density at radius 1 is 1.33 bits per heavy atom. The van der Waals surface area contributed by atoms with Crippen molar-refractivity contribution in [3.05, 3.63) is 53.6 Å². The van der Waals surface area contributed by atoms with Gasteiger partial charge in [-0.05, 0) is 36.3 Å². The van der Waals surface area contributed by atoms with Crippen LogP contribution in [0.3, 0.4) is 0 Å². The highest BCUT2D eigenvalue weighted by atomic mass is 16.3. The molecule has 0 bridgehead atoms. The van der Waals surface area contributed by atoms with Crippen molar-refractivity contribution in [1.29, 1.82) is 0 Å². The Morgan fingerprint density at radius 3 is 2.94 bits per heavy atom. The topological polar surface area (TPSA) is 48.9 Å². The SMILES string of the molecule is OC(Cc1ncc[nH]1)C1CCc2ccccc2C1. The van der Waals surface area contributed by atoms with Crippen molar-refractivity contribution < 1.29 is 5.11 Å². The van der Waals surface area contributed by atoms with Crippen molar-refractivity contribution in [3.63, 3.8) is 0 Å². The monoisotopic (exact) mass is 242 g/mol. The van der Waals surface area contributed by atoms with Gasteiger partial charge in [-0.2, -0.15) is 0 Å². The van der Waals surface area contributed by atoms with E-state index in [9.17, 15) is 5.11 Å². The number of aromatic amines is 1. The molecule has 0 amide bonds. The summed E-state index contributed by atoms with van der Waals surface area (Å²) in [5.41, 5.74) is 2.84. The average molecular weight is 242 g/mol. The van der Waals surface area contributed by atoms with E-state index in [1.54, 1.807) is 12.4 Å². The highest BCUT2D eigenvalue weighted by Gasteiger charge is 2.25. The maximum Gasteiger partial charge on any atom is 0.108 e. The van der Waals surface area contributed by atoms with Crippen LogP contribution < -0.4 is 0 Å². The van der Waals surface area contributed by atoms with E-state index in [1.807, 2.05) is 0 Å². The molecule has 3 heteroatoms. The Labute approximate surface area is 107 Å². The molecule has 0 saturated carbocycles. The van der Waals surface area contributed by atoms with Gasteiger partial charge in [0, 0.05) is 18.8 Å². The number of fused-ring (bicyclic) bond motifs is 1. The van der Waals surface area contributed by atoms with E-state index in [1.165, 1.54) is 11.1 Å². The molecule has 0 aliphatic heterocycles. The number of rotatable bonds is 3. The Kier molecular flexibility index (Phi) is 3.15. The third-order valence-electron chi connectivity index (χ3n) is 3.89. The molecule has 2 atom stereocenters. The Hall–Kier alpha value is -1.61.